The topological polar surface area (TPSA) is 0 Å². The van der Waals surface area contributed by atoms with Gasteiger partial charge in [0.15, 0.2) is 0 Å². The number of hydrogen-bond donors (Lipinski definition) is 0. The lowest BCUT2D eigenvalue weighted by molar-refractivity contribution is 0.206. The Hall–Kier alpha value is -0.260. The summed E-state index contributed by atoms with van der Waals surface area (Å²) in [6, 6.07) is 0. The van der Waals surface area contributed by atoms with Crippen LogP contribution in [0.5, 0.6) is 0 Å². The summed E-state index contributed by atoms with van der Waals surface area (Å²) in [5, 5.41) is 0. The number of rotatable bonds is 3. The third kappa shape index (κ3) is 1.57. The molecule has 0 heterocycles. The van der Waals surface area contributed by atoms with Gasteiger partial charge >= 0.3 is 0 Å². The molecular formula is C12H20. The van der Waals surface area contributed by atoms with Crippen molar-refractivity contribution in [3.05, 3.63) is 12.2 Å². The van der Waals surface area contributed by atoms with Crippen LogP contribution in [0.1, 0.15) is 45.4 Å². The van der Waals surface area contributed by atoms with Gasteiger partial charge in [-0.15, -0.1) is 0 Å². The average Bonchev–Trinajstić information content (AvgIpc) is 2.17. The average molecular weight is 164 g/mol. The second kappa shape index (κ2) is 3.64. The summed E-state index contributed by atoms with van der Waals surface area (Å²) in [7, 11) is 0. The van der Waals surface area contributed by atoms with E-state index < -0.39 is 0 Å². The Bertz CT molecular complexity index is 169. The van der Waals surface area contributed by atoms with E-state index in [0.29, 0.717) is 0 Å². The van der Waals surface area contributed by atoms with Crippen molar-refractivity contribution in [2.75, 3.05) is 0 Å². The second-order valence-electron chi connectivity index (χ2n) is 4.52. The highest BCUT2D eigenvalue weighted by molar-refractivity contribution is 5.05. The van der Waals surface area contributed by atoms with E-state index in [-0.39, 0.29) is 0 Å². The van der Waals surface area contributed by atoms with Gasteiger partial charge in [-0.1, -0.05) is 31.9 Å². The molecule has 0 N–H and O–H groups in total. The number of fused-ring (bicyclic) bond motifs is 2. The zero-order valence-corrected chi connectivity index (χ0v) is 8.13. The standard InChI is InChI=1S/C12H20/c1-2-3-4-12-9-10-5-7-11(12)8-6-10/h5,7,10-12H,2-4,6,8-9H2,1H3. The van der Waals surface area contributed by atoms with Gasteiger partial charge in [0.05, 0.1) is 0 Å². The van der Waals surface area contributed by atoms with Crippen LogP contribution in [0.15, 0.2) is 12.2 Å². The van der Waals surface area contributed by atoms with Crippen LogP contribution in [0, 0.1) is 17.8 Å². The highest BCUT2D eigenvalue weighted by Crippen LogP contribution is 2.42. The van der Waals surface area contributed by atoms with Crippen LogP contribution in [0.25, 0.3) is 0 Å². The van der Waals surface area contributed by atoms with E-state index in [0.717, 1.165) is 17.8 Å². The smallest absolute Gasteiger partial charge is 0.0205 e. The molecule has 0 heteroatoms. The molecule has 0 radical (unpaired) electrons. The molecule has 12 heavy (non-hydrogen) atoms. The minimum absolute atomic E-state index is 0.955. The first-order valence-electron chi connectivity index (χ1n) is 5.58. The zero-order valence-electron chi connectivity index (χ0n) is 8.13. The second-order valence-corrected chi connectivity index (χ2v) is 4.52. The van der Waals surface area contributed by atoms with E-state index in [9.17, 15) is 0 Å². The predicted octanol–water partition coefficient (Wildman–Crippen LogP) is 3.78. The van der Waals surface area contributed by atoms with Crippen LogP contribution >= 0.6 is 0 Å². The lowest BCUT2D eigenvalue weighted by Crippen LogP contribution is -2.26. The Labute approximate surface area is 76.1 Å². The molecule has 0 aromatic carbocycles. The predicted molar refractivity (Wildman–Crippen MR) is 53.0 cm³/mol. The van der Waals surface area contributed by atoms with Gasteiger partial charge in [0, 0.05) is 0 Å². The van der Waals surface area contributed by atoms with E-state index in [4.69, 9.17) is 0 Å². The summed E-state index contributed by atoms with van der Waals surface area (Å²) in [5.41, 5.74) is 0. The molecule has 3 aliphatic rings. The molecule has 3 unspecified atom stereocenters. The van der Waals surface area contributed by atoms with Gasteiger partial charge in [-0.3, -0.25) is 0 Å². The van der Waals surface area contributed by atoms with Crippen molar-refractivity contribution in [3.8, 4) is 0 Å². The van der Waals surface area contributed by atoms with Crippen molar-refractivity contribution in [3.63, 3.8) is 0 Å². The fraction of sp³-hybridized carbons (Fsp3) is 0.833. The molecule has 0 aromatic heterocycles. The molecule has 1 saturated carbocycles. The molecule has 0 nitrogen and oxygen atoms in total. The lowest BCUT2D eigenvalue weighted by atomic mass is 9.68. The normalized spacial score (nSPS) is 38.9. The van der Waals surface area contributed by atoms with Gasteiger partial charge in [0.2, 0.25) is 0 Å². The molecule has 0 aliphatic heterocycles. The largest absolute Gasteiger partial charge is 0.0851 e. The van der Waals surface area contributed by atoms with Crippen molar-refractivity contribution in [1.82, 2.24) is 0 Å². The highest BCUT2D eigenvalue weighted by Gasteiger charge is 2.30. The first kappa shape index (κ1) is 8.34. The maximum absolute atomic E-state index is 2.50. The maximum atomic E-state index is 2.50. The number of allylic oxidation sites excluding steroid dienone is 2. The van der Waals surface area contributed by atoms with Gasteiger partial charge in [0.1, 0.15) is 0 Å². The molecule has 0 amide bonds. The van der Waals surface area contributed by atoms with E-state index in [1.165, 1.54) is 38.5 Å². The Morgan fingerprint density at radius 1 is 1.25 bits per heavy atom. The Morgan fingerprint density at radius 2 is 2.17 bits per heavy atom. The fourth-order valence-corrected chi connectivity index (χ4v) is 2.85. The Morgan fingerprint density at radius 3 is 2.67 bits per heavy atom. The minimum Gasteiger partial charge on any atom is -0.0851 e. The van der Waals surface area contributed by atoms with Gasteiger partial charge in [-0.05, 0) is 43.4 Å². The molecule has 3 aliphatic carbocycles. The summed E-state index contributed by atoms with van der Waals surface area (Å²) in [4.78, 5) is 0. The third-order valence-electron chi connectivity index (χ3n) is 3.64. The van der Waals surface area contributed by atoms with Crippen molar-refractivity contribution in [2.24, 2.45) is 17.8 Å². The Balaban J connectivity index is 1.89. The summed E-state index contributed by atoms with van der Waals surface area (Å²) in [6.07, 6.45) is 13.7. The summed E-state index contributed by atoms with van der Waals surface area (Å²) < 4.78 is 0. The highest BCUT2D eigenvalue weighted by atomic mass is 14.4. The molecule has 0 aromatic rings. The first-order chi connectivity index (χ1) is 5.90. The molecule has 3 rings (SSSR count). The Kier molecular flexibility index (Phi) is 2.53. The molecule has 0 spiro atoms. The molecule has 1 fully saturated rings. The molecule has 0 saturated heterocycles. The van der Waals surface area contributed by atoms with Gasteiger partial charge < -0.3 is 0 Å². The van der Waals surface area contributed by atoms with E-state index in [2.05, 4.69) is 19.1 Å². The molecular weight excluding hydrogens is 144 g/mol. The monoisotopic (exact) mass is 164 g/mol. The van der Waals surface area contributed by atoms with Crippen LogP contribution in [0.2, 0.25) is 0 Å². The SMILES string of the molecule is CCCCC1CC2C=CC1CC2. The summed E-state index contributed by atoms with van der Waals surface area (Å²) in [5.74, 6) is 2.96. The molecule has 2 bridgehead atoms. The first-order valence-corrected chi connectivity index (χ1v) is 5.58. The summed E-state index contributed by atoms with van der Waals surface area (Å²) in [6.45, 7) is 2.30. The van der Waals surface area contributed by atoms with Gasteiger partial charge in [0.25, 0.3) is 0 Å². The quantitative estimate of drug-likeness (QED) is 0.557. The lowest BCUT2D eigenvalue weighted by Gasteiger charge is -2.38. The van der Waals surface area contributed by atoms with Crippen molar-refractivity contribution in [1.29, 1.82) is 0 Å². The maximum Gasteiger partial charge on any atom is -0.0205 e. The van der Waals surface area contributed by atoms with Crippen LogP contribution in [0.4, 0.5) is 0 Å². The van der Waals surface area contributed by atoms with Gasteiger partial charge in [-0.25, -0.2) is 0 Å². The zero-order chi connectivity index (χ0) is 8.39. The van der Waals surface area contributed by atoms with E-state index in [1.807, 2.05) is 0 Å². The van der Waals surface area contributed by atoms with Crippen molar-refractivity contribution < 1.29 is 0 Å². The van der Waals surface area contributed by atoms with Crippen molar-refractivity contribution in [2.45, 2.75) is 45.4 Å². The van der Waals surface area contributed by atoms with E-state index >= 15 is 0 Å². The third-order valence-corrected chi connectivity index (χ3v) is 3.64. The van der Waals surface area contributed by atoms with Crippen LogP contribution in [0.3, 0.4) is 0 Å². The molecule has 68 valence electrons. The number of hydrogen-bond acceptors (Lipinski definition) is 0. The van der Waals surface area contributed by atoms with E-state index in [1.54, 1.807) is 0 Å². The van der Waals surface area contributed by atoms with Crippen molar-refractivity contribution >= 4 is 0 Å². The van der Waals surface area contributed by atoms with Crippen LogP contribution in [-0.2, 0) is 0 Å². The van der Waals surface area contributed by atoms with Crippen LogP contribution in [-0.4, -0.2) is 0 Å². The fourth-order valence-electron chi connectivity index (χ4n) is 2.85. The summed E-state index contributed by atoms with van der Waals surface area (Å²) >= 11 is 0. The van der Waals surface area contributed by atoms with Gasteiger partial charge in [-0.2, -0.15) is 0 Å². The minimum atomic E-state index is 0.955. The molecule has 3 atom stereocenters. The number of unbranched alkanes of at least 4 members (excludes halogenated alkanes) is 1. The van der Waals surface area contributed by atoms with Crippen LogP contribution < -0.4 is 0 Å².